The lowest BCUT2D eigenvalue weighted by molar-refractivity contribution is -0.328. The van der Waals surface area contributed by atoms with Gasteiger partial charge in [0.25, 0.3) is 5.72 Å². The Morgan fingerprint density at radius 3 is 2.30 bits per heavy atom. The fourth-order valence-electron chi connectivity index (χ4n) is 4.00. The Labute approximate surface area is 190 Å². The number of aliphatic hydroxyl groups is 1. The quantitative estimate of drug-likeness (QED) is 0.474. The van der Waals surface area contributed by atoms with Crippen LogP contribution in [0.15, 0.2) is 72.1 Å². The summed E-state index contributed by atoms with van der Waals surface area (Å²) in [6.45, 7) is -0.570. The summed E-state index contributed by atoms with van der Waals surface area (Å²) >= 11 is 0.943. The first kappa shape index (κ1) is 22.8. The normalized spacial score (nSPS) is 23.3. The number of phenolic OH excluding ortho intramolecular Hbond substituents is 1. The lowest BCUT2D eigenvalue weighted by Gasteiger charge is -2.51. The smallest absolute Gasteiger partial charge is 0.437 e. The number of Topliss-reactive ketones (excluding diaryl/α,β-unsaturated/α-hetero) is 1. The Morgan fingerprint density at radius 1 is 1.06 bits per heavy atom. The molecular weight excluding hydrogens is 457 g/mol. The van der Waals surface area contributed by atoms with Crippen LogP contribution < -0.4 is 5.32 Å². The van der Waals surface area contributed by atoms with Crippen molar-refractivity contribution in [2.45, 2.75) is 24.5 Å². The summed E-state index contributed by atoms with van der Waals surface area (Å²) in [5.74, 6) is -3.21. The van der Waals surface area contributed by atoms with E-state index < -0.39 is 42.2 Å². The third-order valence-corrected chi connectivity index (χ3v) is 6.49. The summed E-state index contributed by atoms with van der Waals surface area (Å²) in [4.78, 5) is 26.6. The van der Waals surface area contributed by atoms with E-state index in [2.05, 4.69) is 5.32 Å². The molecule has 2 amide bonds. The van der Waals surface area contributed by atoms with Gasteiger partial charge in [-0.15, -0.1) is 11.3 Å². The van der Waals surface area contributed by atoms with Crippen LogP contribution in [0.2, 0.25) is 0 Å². The van der Waals surface area contributed by atoms with Crippen LogP contribution in [0.5, 0.6) is 5.75 Å². The predicted molar refractivity (Wildman–Crippen MR) is 115 cm³/mol. The van der Waals surface area contributed by atoms with Crippen molar-refractivity contribution >= 4 is 23.2 Å². The first-order chi connectivity index (χ1) is 15.6. The third kappa shape index (κ3) is 4.07. The molecule has 3 aromatic rings. The minimum atomic E-state index is -5.35. The average Bonchev–Trinajstić information content (AvgIpc) is 3.31. The topological polar surface area (TPSA) is 89.9 Å². The number of nitrogens with one attached hydrogen (secondary N) is 1. The molecule has 1 aromatic heterocycles. The molecule has 4 rings (SSSR count). The van der Waals surface area contributed by atoms with Crippen molar-refractivity contribution in [1.29, 1.82) is 0 Å². The van der Waals surface area contributed by atoms with Gasteiger partial charge in [-0.05, 0) is 34.7 Å². The van der Waals surface area contributed by atoms with Gasteiger partial charge in [0.05, 0.1) is 17.5 Å². The number of carbonyl (C=O) groups excluding carboxylic acids is 2. The molecule has 3 atom stereocenters. The fraction of sp³-hybridized carbons (Fsp3) is 0.217. The number of halogens is 3. The van der Waals surface area contributed by atoms with E-state index in [1.54, 1.807) is 23.6 Å². The van der Waals surface area contributed by atoms with Crippen LogP contribution in [-0.2, 0) is 6.54 Å². The van der Waals surface area contributed by atoms with Gasteiger partial charge >= 0.3 is 12.2 Å². The van der Waals surface area contributed by atoms with Crippen LogP contribution in [0.4, 0.5) is 18.0 Å². The van der Waals surface area contributed by atoms with E-state index in [9.17, 15) is 33.0 Å². The van der Waals surface area contributed by atoms with Gasteiger partial charge < -0.3 is 15.5 Å². The second kappa shape index (κ2) is 8.53. The van der Waals surface area contributed by atoms with Crippen molar-refractivity contribution < 1.29 is 33.0 Å². The number of ketones is 1. The van der Waals surface area contributed by atoms with E-state index in [0.29, 0.717) is 5.56 Å². The molecule has 0 aliphatic carbocycles. The highest BCUT2D eigenvalue weighted by Crippen LogP contribution is 2.49. The maximum Gasteiger partial charge on any atom is 0.437 e. The molecule has 2 aromatic carbocycles. The number of nitrogens with zero attached hydrogens (tertiary/aromatic N) is 1. The monoisotopic (exact) mass is 476 g/mol. The van der Waals surface area contributed by atoms with Crippen molar-refractivity contribution in [3.8, 4) is 5.75 Å². The summed E-state index contributed by atoms with van der Waals surface area (Å²) in [5, 5.41) is 24.9. The van der Waals surface area contributed by atoms with E-state index in [4.69, 9.17) is 0 Å². The van der Waals surface area contributed by atoms with Crippen LogP contribution >= 0.6 is 11.3 Å². The Balaban J connectivity index is 1.88. The van der Waals surface area contributed by atoms with E-state index in [1.165, 1.54) is 48.5 Å². The maximum atomic E-state index is 14.6. The van der Waals surface area contributed by atoms with Crippen molar-refractivity contribution in [3.63, 3.8) is 0 Å². The average molecular weight is 476 g/mol. The van der Waals surface area contributed by atoms with Crippen LogP contribution in [-0.4, -0.2) is 38.8 Å². The SMILES string of the molecule is O=C(c1cccs1)C1C(c2ccc(O)cc2)NC(=O)N(Cc2ccccc2)C1(O)C(F)(F)F. The van der Waals surface area contributed by atoms with Crippen LogP contribution in [0, 0.1) is 5.92 Å². The third-order valence-electron chi connectivity index (χ3n) is 5.60. The maximum absolute atomic E-state index is 14.6. The highest BCUT2D eigenvalue weighted by atomic mass is 32.1. The summed E-state index contributed by atoms with van der Waals surface area (Å²) in [6, 6.07) is 13.2. The number of hydrogen-bond acceptors (Lipinski definition) is 5. The molecular formula is C23H19F3N2O4S. The van der Waals surface area contributed by atoms with Gasteiger partial charge in [0.1, 0.15) is 11.7 Å². The number of hydrogen-bond donors (Lipinski definition) is 3. The van der Waals surface area contributed by atoms with Crippen molar-refractivity contribution in [2.75, 3.05) is 0 Å². The summed E-state index contributed by atoms with van der Waals surface area (Å²) in [5.41, 5.74) is -3.31. The lowest BCUT2D eigenvalue weighted by atomic mass is 9.77. The highest BCUT2D eigenvalue weighted by molar-refractivity contribution is 7.12. The first-order valence-corrected chi connectivity index (χ1v) is 10.8. The molecule has 3 unspecified atom stereocenters. The van der Waals surface area contributed by atoms with Crippen LogP contribution in [0.1, 0.15) is 26.8 Å². The van der Waals surface area contributed by atoms with Crippen molar-refractivity contribution in [3.05, 3.63) is 88.1 Å². The van der Waals surface area contributed by atoms with Gasteiger partial charge in [-0.25, -0.2) is 4.79 Å². The molecule has 1 aliphatic heterocycles. The minimum Gasteiger partial charge on any atom is -0.508 e. The molecule has 1 saturated heterocycles. The number of phenols is 1. The molecule has 3 N–H and O–H groups in total. The minimum absolute atomic E-state index is 0.0160. The Morgan fingerprint density at radius 2 is 1.73 bits per heavy atom. The first-order valence-electron chi connectivity index (χ1n) is 9.90. The van der Waals surface area contributed by atoms with Crippen molar-refractivity contribution in [2.24, 2.45) is 5.92 Å². The number of thiophene rings is 1. The number of urea groups is 1. The molecule has 1 fully saturated rings. The number of aromatic hydroxyl groups is 1. The van der Waals surface area contributed by atoms with Crippen molar-refractivity contribution in [1.82, 2.24) is 10.2 Å². The Kier molecular flexibility index (Phi) is 5.89. The van der Waals surface area contributed by atoms with Crippen LogP contribution in [0.25, 0.3) is 0 Å². The van der Waals surface area contributed by atoms with E-state index in [-0.39, 0.29) is 21.1 Å². The van der Waals surface area contributed by atoms with Gasteiger partial charge in [0.2, 0.25) is 0 Å². The molecule has 1 aliphatic rings. The number of rotatable bonds is 5. The number of benzene rings is 2. The Hall–Kier alpha value is -3.37. The predicted octanol–water partition coefficient (Wildman–Crippen LogP) is 4.47. The molecule has 2 heterocycles. The largest absolute Gasteiger partial charge is 0.508 e. The molecule has 10 heteroatoms. The molecule has 0 bridgehead atoms. The zero-order valence-corrected chi connectivity index (χ0v) is 17.8. The van der Waals surface area contributed by atoms with Gasteiger partial charge in [-0.2, -0.15) is 13.2 Å². The van der Waals surface area contributed by atoms with Crippen LogP contribution in [0.3, 0.4) is 0 Å². The summed E-state index contributed by atoms with van der Waals surface area (Å²) in [6.07, 6.45) is -5.35. The highest BCUT2D eigenvalue weighted by Gasteiger charge is 2.70. The zero-order valence-electron chi connectivity index (χ0n) is 17.0. The number of amides is 2. The molecule has 33 heavy (non-hydrogen) atoms. The molecule has 172 valence electrons. The molecule has 0 radical (unpaired) electrons. The Bertz CT molecular complexity index is 1140. The van der Waals surface area contributed by atoms with Gasteiger partial charge in [0, 0.05) is 0 Å². The lowest BCUT2D eigenvalue weighted by Crippen LogP contribution is -2.73. The van der Waals surface area contributed by atoms with E-state index >= 15 is 0 Å². The second-order valence-corrected chi connectivity index (χ2v) is 8.58. The number of carbonyl (C=O) groups is 2. The van der Waals surface area contributed by atoms with E-state index in [0.717, 1.165) is 11.3 Å². The molecule has 6 nitrogen and oxygen atoms in total. The second-order valence-electron chi connectivity index (χ2n) is 7.63. The fourth-order valence-corrected chi connectivity index (χ4v) is 4.70. The molecule has 0 spiro atoms. The molecule has 0 saturated carbocycles. The zero-order chi connectivity index (χ0) is 23.8. The summed E-state index contributed by atoms with van der Waals surface area (Å²) < 4.78 is 43.8. The van der Waals surface area contributed by atoms with Gasteiger partial charge in [-0.1, -0.05) is 48.5 Å². The summed E-state index contributed by atoms with van der Waals surface area (Å²) in [7, 11) is 0. The van der Waals surface area contributed by atoms with Gasteiger partial charge in [-0.3, -0.25) is 9.69 Å². The standard InChI is InChI=1S/C23H19F3N2O4S/c24-23(25,26)22(32)18(20(30)17-7-4-12-33-17)19(15-8-10-16(29)11-9-15)27-21(31)28(22)13-14-5-2-1-3-6-14/h1-12,18-19,29,32H,13H2,(H,27,31). The van der Waals surface area contributed by atoms with Gasteiger partial charge in [0.15, 0.2) is 5.78 Å². The van der Waals surface area contributed by atoms with E-state index in [1.807, 2.05) is 0 Å². The number of alkyl halides is 3.